The minimum Gasteiger partial charge on any atom is -0.378 e. The lowest BCUT2D eigenvalue weighted by Crippen LogP contribution is -2.58. The fourth-order valence-electron chi connectivity index (χ4n) is 16.5. The predicted molar refractivity (Wildman–Crippen MR) is 395 cm³/mol. The van der Waals surface area contributed by atoms with Gasteiger partial charge in [0.2, 0.25) is 20.0 Å². The van der Waals surface area contributed by atoms with Crippen LogP contribution in [0.5, 0.6) is 0 Å². The molecule has 4 aliphatic heterocycles. The maximum atomic E-state index is 15.0. The van der Waals surface area contributed by atoms with Gasteiger partial charge in [0, 0.05) is 168 Å². The topological polar surface area (TPSA) is 175 Å². The lowest BCUT2D eigenvalue weighted by molar-refractivity contribution is 0.161. The molecule has 5 atom stereocenters. The van der Waals surface area contributed by atoms with Crippen molar-refractivity contribution >= 4 is 63.2 Å². The summed E-state index contributed by atoms with van der Waals surface area (Å²) in [7, 11) is -9.99. The van der Waals surface area contributed by atoms with Crippen LogP contribution in [0.4, 0.5) is 31.5 Å². The van der Waals surface area contributed by atoms with Gasteiger partial charge in [-0.2, -0.15) is 42.7 Å². The molecule has 26 heteroatoms. The first kappa shape index (κ1) is 77.0. The van der Waals surface area contributed by atoms with Crippen LogP contribution in [0.15, 0.2) is 94.7 Å². The van der Waals surface area contributed by atoms with E-state index in [1.807, 2.05) is 77.9 Å². The molecular weight excluding hydrogens is 1340 g/mol. The molecule has 4 aromatic rings. The van der Waals surface area contributed by atoms with Gasteiger partial charge in [-0.3, -0.25) is 0 Å². The number of rotatable bonds is 18. The van der Waals surface area contributed by atoms with E-state index in [-0.39, 0.29) is 98.2 Å². The number of aryl methyl sites for hydroxylation is 2. The molecule has 0 bridgehead atoms. The number of piperazine rings is 2. The number of benzene rings is 4. The van der Waals surface area contributed by atoms with Crippen LogP contribution in [-0.4, -0.2) is 240 Å². The molecule has 0 amide bonds. The summed E-state index contributed by atoms with van der Waals surface area (Å²) >= 11 is 0. The summed E-state index contributed by atoms with van der Waals surface area (Å²) in [6, 6.07) is 23.2. The molecule has 10 rings (SSSR count). The lowest BCUT2D eigenvalue weighted by Gasteiger charge is -2.43. The molecule has 4 aromatic carbocycles. The van der Waals surface area contributed by atoms with E-state index in [9.17, 15) is 34.0 Å². The number of anilines is 4. The van der Waals surface area contributed by atoms with Crippen LogP contribution in [0.2, 0.25) is 0 Å². The molecule has 4 saturated heterocycles. The van der Waals surface area contributed by atoms with Gasteiger partial charge < -0.3 is 29.4 Å². The first-order valence-electron chi connectivity index (χ1n) is 36.7. The Morgan fingerprint density at radius 2 is 0.848 bits per heavy atom. The minimum atomic E-state index is -4.01. The van der Waals surface area contributed by atoms with Gasteiger partial charge in [-0.15, -0.1) is 0 Å². The van der Waals surface area contributed by atoms with Gasteiger partial charge in [0.15, 0.2) is 0 Å². The van der Waals surface area contributed by atoms with Gasteiger partial charge in [-0.1, -0.05) is 39.5 Å². The van der Waals surface area contributed by atoms with E-state index in [4.69, 9.17) is 0 Å². The first-order chi connectivity index (χ1) is 47.1. The molecule has 0 spiro atoms. The maximum Gasteiger partial charge on any atom is 0.282 e. The third-order valence-electron chi connectivity index (χ3n) is 21.8. The molecule has 2 aliphatic carbocycles. The van der Waals surface area contributed by atoms with Gasteiger partial charge >= 0.3 is 0 Å². The zero-order chi connectivity index (χ0) is 70.8. The number of hydrogen-bond donors (Lipinski definition) is 0. The molecule has 2 unspecified atom stereocenters. The zero-order valence-corrected chi connectivity index (χ0v) is 63.6. The highest BCUT2D eigenvalue weighted by Crippen LogP contribution is 2.35. The van der Waals surface area contributed by atoms with Crippen LogP contribution in [0, 0.1) is 55.1 Å². The minimum absolute atomic E-state index is 0.155. The molecule has 552 valence electrons. The maximum absolute atomic E-state index is 15.0. The lowest BCUT2D eigenvalue weighted by atomic mass is 9.80. The number of nitrogens with zero attached hydrogens (tertiary/aromatic N) is 12. The summed E-state index contributed by atoms with van der Waals surface area (Å²) in [6.07, 6.45) is 12.7. The molecule has 99 heavy (non-hydrogen) atoms. The number of hydrogen-bond acceptors (Lipinski definition) is 14. The Bertz CT molecular complexity index is 3740. The molecule has 6 fully saturated rings. The second-order valence-corrected chi connectivity index (χ2v) is 37.7. The van der Waals surface area contributed by atoms with E-state index in [1.54, 1.807) is 62.2 Å². The monoisotopic (exact) mass is 1450 g/mol. The second kappa shape index (κ2) is 34.3. The van der Waals surface area contributed by atoms with Gasteiger partial charge in [-0.05, 0) is 230 Å². The Kier molecular flexibility index (Phi) is 26.7. The quantitative estimate of drug-likeness (QED) is 0.0920. The molecule has 0 N–H and O–H groups in total. The van der Waals surface area contributed by atoms with Crippen LogP contribution >= 0.6 is 0 Å². The van der Waals surface area contributed by atoms with E-state index in [0.717, 1.165) is 92.3 Å². The SMILES string of the molecule is Cc1cc(F)ccc1N1CCN(S(=O)(=O)N2CCCN(CC3CCCCC3)CCCN(S(=O)(=O)c3ccc(N(C)CC4CCCC(CN5CCCN(S(=O)(=O)c6ccc(N(C)C)cc6)C[C@H](C)CN(S(=O)(=O)N6CCN(c7ccc(F)cc7C)C[C@@H]6C)CCC5)C4)cc3)C[C@H](C)C2)CC1. The third-order valence-corrected chi connectivity index (χ3v) is 29.6. The Labute approximate surface area is 593 Å². The van der Waals surface area contributed by atoms with E-state index < -0.39 is 40.5 Å². The van der Waals surface area contributed by atoms with Crippen LogP contribution in [0.25, 0.3) is 0 Å². The molecule has 20 nitrogen and oxygen atoms in total. The van der Waals surface area contributed by atoms with Gasteiger partial charge in [0.05, 0.1) is 9.79 Å². The summed E-state index contributed by atoms with van der Waals surface area (Å²) < 4.78 is 157. The van der Waals surface area contributed by atoms with Gasteiger partial charge in [0.1, 0.15) is 11.6 Å². The van der Waals surface area contributed by atoms with Crippen molar-refractivity contribution in [2.24, 2.45) is 29.6 Å². The summed E-state index contributed by atoms with van der Waals surface area (Å²) in [5.74, 6) is 0.0570. The van der Waals surface area contributed by atoms with Crippen LogP contribution < -0.4 is 19.6 Å². The van der Waals surface area contributed by atoms with E-state index in [1.165, 1.54) is 56.4 Å². The summed E-state index contributed by atoms with van der Waals surface area (Å²) in [6.45, 7) is 19.4. The second-order valence-electron chi connectivity index (χ2n) is 30.0. The molecule has 0 aromatic heterocycles. The molecular formula is C73H114F2N12O8S4. The van der Waals surface area contributed by atoms with Gasteiger partial charge in [-0.25, -0.2) is 25.6 Å². The molecule has 0 radical (unpaired) electrons. The van der Waals surface area contributed by atoms with E-state index in [0.29, 0.717) is 95.8 Å². The smallest absolute Gasteiger partial charge is 0.282 e. The van der Waals surface area contributed by atoms with Crippen molar-refractivity contribution in [3.05, 3.63) is 108 Å². The Morgan fingerprint density at radius 3 is 1.34 bits per heavy atom. The fourth-order valence-corrected chi connectivity index (χ4v) is 23.4. The predicted octanol–water partition coefficient (Wildman–Crippen LogP) is 9.74. The molecule has 4 heterocycles. The standard InChI is InChI=1S/C73H114F2N12O8S4/c1-58-50-83(37-13-33-78(56-63-17-10-9-11-18-63)35-15-39-85(52-58)98(92,93)82-44-41-80(42-45-82)72-31-21-66(74)47-60(72)3)97(90,91)71-29-25-69(26-30-71)77(8)55-64-19-12-20-65(49-64)57-79-34-14-38-84(96(88,89)70-27-23-68(24-28-70)76(6)7)51-59(2)53-86(40-16-36-79)99(94,95)87-46-43-81(54-62(87)5)73-32-22-67(75)48-61(73)4/h21-32,47-48,58-59,62-65H,9-20,33-46,49-57H2,1-8H3/t58-,59-,62-,64?,65?/m0/s1. The number of sulfonamides is 2. The van der Waals surface area contributed by atoms with Crippen molar-refractivity contribution in [1.82, 2.24) is 35.6 Å². The Morgan fingerprint density at radius 1 is 0.414 bits per heavy atom. The highest BCUT2D eigenvalue weighted by atomic mass is 32.2. The van der Waals surface area contributed by atoms with Gasteiger partial charge in [0.25, 0.3) is 20.4 Å². The highest BCUT2D eigenvalue weighted by molar-refractivity contribution is 7.89. The van der Waals surface area contributed by atoms with E-state index >= 15 is 8.42 Å². The van der Waals surface area contributed by atoms with Crippen molar-refractivity contribution in [3.63, 3.8) is 0 Å². The highest BCUT2D eigenvalue weighted by Gasteiger charge is 2.40. The van der Waals surface area contributed by atoms with Crippen molar-refractivity contribution in [1.29, 1.82) is 0 Å². The Hall–Kier alpha value is -4.58. The molecule has 6 aliphatic rings. The third kappa shape index (κ3) is 19.8. The normalized spacial score (nSPS) is 24.9. The summed E-state index contributed by atoms with van der Waals surface area (Å²) in [5.41, 5.74) is 5.18. The fraction of sp³-hybridized carbons (Fsp3) is 0.671. The van der Waals surface area contributed by atoms with Crippen LogP contribution in [0.3, 0.4) is 0 Å². The largest absolute Gasteiger partial charge is 0.378 e. The Balaban J connectivity index is 0.794. The van der Waals surface area contributed by atoms with Crippen molar-refractivity contribution in [3.8, 4) is 0 Å². The average Bonchev–Trinajstić information content (AvgIpc) is 0.793. The summed E-state index contributed by atoms with van der Waals surface area (Å²) in [4.78, 5) is 13.7. The van der Waals surface area contributed by atoms with Crippen molar-refractivity contribution in [2.75, 3.05) is 185 Å². The first-order valence-corrected chi connectivity index (χ1v) is 42.4. The van der Waals surface area contributed by atoms with Crippen molar-refractivity contribution < 1.29 is 42.5 Å². The summed E-state index contributed by atoms with van der Waals surface area (Å²) in [5, 5.41) is 0. The van der Waals surface area contributed by atoms with Crippen LogP contribution in [0.1, 0.15) is 115 Å². The van der Waals surface area contributed by atoms with E-state index in [2.05, 4.69) is 31.5 Å². The molecule has 2 saturated carbocycles. The average molecular weight is 1450 g/mol. The number of halogens is 2. The van der Waals surface area contributed by atoms with Crippen LogP contribution in [-0.2, 0) is 40.5 Å². The zero-order valence-electron chi connectivity index (χ0n) is 60.3. The van der Waals surface area contributed by atoms with Crippen molar-refractivity contribution in [2.45, 2.75) is 134 Å².